The number of pyridine rings is 1. The van der Waals surface area contributed by atoms with Crippen molar-refractivity contribution in [3.8, 4) is 11.4 Å². The highest BCUT2D eigenvalue weighted by atomic mass is 35.5. The van der Waals surface area contributed by atoms with E-state index >= 15 is 0 Å². The average Bonchev–Trinajstić information content (AvgIpc) is 2.85. The molecule has 3 rings (SSSR count). The van der Waals surface area contributed by atoms with E-state index in [0.717, 1.165) is 22.9 Å². The van der Waals surface area contributed by atoms with Crippen LogP contribution >= 0.6 is 11.6 Å². The number of halogens is 1. The van der Waals surface area contributed by atoms with Gasteiger partial charge in [0.2, 0.25) is 0 Å². The molecule has 0 spiro atoms. The molecule has 0 radical (unpaired) electrons. The van der Waals surface area contributed by atoms with Crippen LogP contribution in [0.5, 0.6) is 0 Å². The van der Waals surface area contributed by atoms with Gasteiger partial charge in [-0.1, -0.05) is 31.5 Å². The summed E-state index contributed by atoms with van der Waals surface area (Å²) in [6.07, 6.45) is 3.68. The first-order valence-electron chi connectivity index (χ1n) is 6.12. The molecular weight excluding hydrogens is 260 g/mol. The summed E-state index contributed by atoms with van der Waals surface area (Å²) in [6, 6.07) is 7.69. The van der Waals surface area contributed by atoms with Crippen molar-refractivity contribution in [3.63, 3.8) is 0 Å². The van der Waals surface area contributed by atoms with Crippen molar-refractivity contribution in [2.75, 3.05) is 0 Å². The number of aromatic nitrogens is 4. The molecule has 0 aliphatic rings. The molecule has 0 N–H and O–H groups in total. The van der Waals surface area contributed by atoms with Crippen LogP contribution in [0.3, 0.4) is 0 Å². The third-order valence-corrected chi connectivity index (χ3v) is 3.11. The maximum absolute atomic E-state index is 6.09. The summed E-state index contributed by atoms with van der Waals surface area (Å²) in [5, 5.41) is 0.464. The molecule has 0 saturated carbocycles. The largest absolute Gasteiger partial charge is 0.298 e. The minimum Gasteiger partial charge on any atom is -0.298 e. The number of hydrogen-bond donors (Lipinski definition) is 0. The number of imidazole rings is 1. The van der Waals surface area contributed by atoms with Crippen molar-refractivity contribution < 1.29 is 0 Å². The van der Waals surface area contributed by atoms with E-state index in [1.165, 1.54) is 0 Å². The SMILES string of the molecule is CC(C)c1nc(Cl)cc(-c2cccc3nccn23)n1. The van der Waals surface area contributed by atoms with Gasteiger partial charge in [0.05, 0.1) is 11.4 Å². The second-order valence-corrected chi connectivity index (χ2v) is 5.04. The Morgan fingerprint density at radius 3 is 2.84 bits per heavy atom. The zero-order valence-corrected chi connectivity index (χ0v) is 11.5. The van der Waals surface area contributed by atoms with Crippen LogP contribution in [0.2, 0.25) is 5.15 Å². The Hall–Kier alpha value is -1.94. The monoisotopic (exact) mass is 272 g/mol. The van der Waals surface area contributed by atoms with Gasteiger partial charge in [-0.05, 0) is 12.1 Å². The standard InChI is InChI=1S/C14H13ClN4/c1-9(2)14-17-10(8-12(15)18-14)11-4-3-5-13-16-6-7-19(11)13/h3-9H,1-2H3. The molecule has 96 valence electrons. The molecule has 0 aliphatic carbocycles. The van der Waals surface area contributed by atoms with E-state index in [2.05, 4.69) is 15.0 Å². The summed E-state index contributed by atoms with van der Waals surface area (Å²) >= 11 is 6.09. The molecule has 3 aromatic heterocycles. The molecule has 19 heavy (non-hydrogen) atoms. The fraction of sp³-hybridized carbons (Fsp3) is 0.214. The van der Waals surface area contributed by atoms with Gasteiger partial charge in [-0.25, -0.2) is 15.0 Å². The van der Waals surface area contributed by atoms with E-state index < -0.39 is 0 Å². The van der Waals surface area contributed by atoms with Crippen LogP contribution in [0.1, 0.15) is 25.6 Å². The normalized spacial score (nSPS) is 11.4. The summed E-state index contributed by atoms with van der Waals surface area (Å²) in [7, 11) is 0. The number of rotatable bonds is 2. The van der Waals surface area contributed by atoms with Gasteiger partial charge in [0.25, 0.3) is 0 Å². The predicted molar refractivity (Wildman–Crippen MR) is 75.3 cm³/mol. The van der Waals surface area contributed by atoms with Crippen LogP contribution in [0.4, 0.5) is 0 Å². The highest BCUT2D eigenvalue weighted by Crippen LogP contribution is 2.23. The van der Waals surface area contributed by atoms with E-state index in [1.54, 1.807) is 12.3 Å². The highest BCUT2D eigenvalue weighted by Gasteiger charge is 2.10. The van der Waals surface area contributed by atoms with Crippen molar-refractivity contribution in [2.24, 2.45) is 0 Å². The average molecular weight is 273 g/mol. The molecule has 0 fully saturated rings. The smallest absolute Gasteiger partial charge is 0.137 e. The Balaban J connectivity index is 2.24. The van der Waals surface area contributed by atoms with Crippen LogP contribution < -0.4 is 0 Å². The molecule has 0 aromatic carbocycles. The van der Waals surface area contributed by atoms with Gasteiger partial charge in [-0.15, -0.1) is 0 Å². The van der Waals surface area contributed by atoms with Crippen LogP contribution in [0.25, 0.3) is 17.0 Å². The molecule has 0 aliphatic heterocycles. The summed E-state index contributed by atoms with van der Waals surface area (Å²) < 4.78 is 1.99. The molecule has 3 heterocycles. The lowest BCUT2D eigenvalue weighted by Crippen LogP contribution is -2.01. The molecule has 0 saturated heterocycles. The Morgan fingerprint density at radius 2 is 2.05 bits per heavy atom. The minimum absolute atomic E-state index is 0.236. The lowest BCUT2D eigenvalue weighted by Gasteiger charge is -2.09. The van der Waals surface area contributed by atoms with E-state index in [1.807, 2.05) is 42.6 Å². The van der Waals surface area contributed by atoms with Gasteiger partial charge in [0.1, 0.15) is 16.6 Å². The van der Waals surface area contributed by atoms with Gasteiger partial charge in [0, 0.05) is 24.4 Å². The van der Waals surface area contributed by atoms with E-state index in [4.69, 9.17) is 11.6 Å². The predicted octanol–water partition coefficient (Wildman–Crippen LogP) is 3.57. The van der Waals surface area contributed by atoms with Gasteiger partial charge in [-0.3, -0.25) is 4.40 Å². The maximum atomic E-state index is 6.09. The van der Waals surface area contributed by atoms with Gasteiger partial charge in [0.15, 0.2) is 0 Å². The lowest BCUT2D eigenvalue weighted by molar-refractivity contribution is 0.775. The minimum atomic E-state index is 0.236. The quantitative estimate of drug-likeness (QED) is 0.670. The topological polar surface area (TPSA) is 43.1 Å². The fourth-order valence-electron chi connectivity index (χ4n) is 1.98. The summed E-state index contributed by atoms with van der Waals surface area (Å²) in [6.45, 7) is 4.10. The molecule has 0 unspecified atom stereocenters. The lowest BCUT2D eigenvalue weighted by atomic mass is 10.2. The molecule has 5 heteroatoms. The fourth-order valence-corrected chi connectivity index (χ4v) is 2.17. The zero-order chi connectivity index (χ0) is 13.4. The first kappa shape index (κ1) is 12.1. The number of nitrogens with zero attached hydrogens (tertiary/aromatic N) is 4. The number of hydrogen-bond acceptors (Lipinski definition) is 3. The first-order valence-corrected chi connectivity index (χ1v) is 6.50. The Bertz CT molecular complexity index is 733. The van der Waals surface area contributed by atoms with Crippen molar-refractivity contribution in [2.45, 2.75) is 19.8 Å². The number of fused-ring (bicyclic) bond motifs is 1. The second kappa shape index (κ2) is 4.63. The van der Waals surface area contributed by atoms with Gasteiger partial charge < -0.3 is 0 Å². The highest BCUT2D eigenvalue weighted by molar-refractivity contribution is 6.29. The first-order chi connectivity index (χ1) is 9.15. The molecule has 4 nitrogen and oxygen atoms in total. The molecule has 0 amide bonds. The Kier molecular flexibility index (Phi) is 2.95. The molecular formula is C14H13ClN4. The summed E-state index contributed by atoms with van der Waals surface area (Å²) in [4.78, 5) is 13.1. The van der Waals surface area contributed by atoms with Crippen LogP contribution in [0.15, 0.2) is 36.7 Å². The van der Waals surface area contributed by atoms with Crippen LogP contribution in [0, 0.1) is 0 Å². The van der Waals surface area contributed by atoms with Gasteiger partial charge in [-0.2, -0.15) is 0 Å². The maximum Gasteiger partial charge on any atom is 0.137 e. The van der Waals surface area contributed by atoms with E-state index in [9.17, 15) is 0 Å². The third-order valence-electron chi connectivity index (χ3n) is 2.92. The van der Waals surface area contributed by atoms with Crippen LogP contribution in [-0.4, -0.2) is 19.4 Å². The van der Waals surface area contributed by atoms with Crippen molar-refractivity contribution in [1.29, 1.82) is 0 Å². The van der Waals surface area contributed by atoms with Crippen molar-refractivity contribution >= 4 is 17.2 Å². The third kappa shape index (κ3) is 2.19. The molecule has 0 atom stereocenters. The van der Waals surface area contributed by atoms with Crippen molar-refractivity contribution in [1.82, 2.24) is 19.4 Å². The van der Waals surface area contributed by atoms with Crippen molar-refractivity contribution in [3.05, 3.63) is 47.6 Å². The zero-order valence-electron chi connectivity index (χ0n) is 10.7. The van der Waals surface area contributed by atoms with Gasteiger partial charge >= 0.3 is 0 Å². The Morgan fingerprint density at radius 1 is 1.21 bits per heavy atom. The van der Waals surface area contributed by atoms with Crippen LogP contribution in [-0.2, 0) is 0 Å². The van der Waals surface area contributed by atoms with E-state index in [-0.39, 0.29) is 5.92 Å². The summed E-state index contributed by atoms with van der Waals surface area (Å²) in [5.74, 6) is 0.985. The second-order valence-electron chi connectivity index (χ2n) is 4.66. The van der Waals surface area contributed by atoms with E-state index in [0.29, 0.717) is 5.15 Å². The Labute approximate surface area is 116 Å². The molecule has 0 bridgehead atoms. The molecule has 3 aromatic rings. The summed E-state index contributed by atoms with van der Waals surface area (Å²) in [5.41, 5.74) is 2.66.